The molecule has 4 heteroatoms. The fourth-order valence-electron chi connectivity index (χ4n) is 2.60. The van der Waals surface area contributed by atoms with Gasteiger partial charge in [-0.05, 0) is 19.4 Å². The first-order valence-corrected chi connectivity index (χ1v) is 6.07. The summed E-state index contributed by atoms with van der Waals surface area (Å²) in [5.41, 5.74) is -0.192. The van der Waals surface area contributed by atoms with Crippen LogP contribution in [0.25, 0.3) is 0 Å². The molecule has 0 aromatic carbocycles. The Morgan fingerprint density at radius 1 is 1.37 bits per heavy atom. The van der Waals surface area contributed by atoms with Crippen LogP contribution in [0.15, 0.2) is 34.3 Å². The molecule has 1 atom stereocenters. The van der Waals surface area contributed by atoms with Crippen LogP contribution in [0.1, 0.15) is 51.7 Å². The van der Waals surface area contributed by atoms with Gasteiger partial charge in [0.25, 0.3) is 0 Å². The number of rotatable bonds is 1. The van der Waals surface area contributed by atoms with Crippen molar-refractivity contribution in [1.29, 1.82) is 0 Å². The predicted molar refractivity (Wildman–Crippen MR) is 67.3 cm³/mol. The summed E-state index contributed by atoms with van der Waals surface area (Å²) in [5.74, 6) is -0.675. The van der Waals surface area contributed by atoms with Crippen molar-refractivity contribution < 1.29 is 18.8 Å². The minimum absolute atomic E-state index is 0.0187. The highest BCUT2D eigenvalue weighted by Crippen LogP contribution is 2.44. The Hall–Kier alpha value is -2.23. The van der Waals surface area contributed by atoms with E-state index in [1.54, 1.807) is 19.1 Å². The molecule has 1 heterocycles. The molecule has 2 aliphatic rings. The Labute approximate surface area is 109 Å². The van der Waals surface area contributed by atoms with Crippen molar-refractivity contribution in [3.05, 3.63) is 47.0 Å². The minimum Gasteiger partial charge on any atom is -0.449 e. The third-order valence-corrected chi connectivity index (χ3v) is 3.80. The molecule has 2 aliphatic carbocycles. The molecule has 1 aromatic rings. The Morgan fingerprint density at radius 3 is 2.79 bits per heavy atom. The van der Waals surface area contributed by atoms with Gasteiger partial charge >= 0.3 is 0 Å². The molecule has 0 spiro atoms. The molecule has 1 aromatic heterocycles. The third kappa shape index (κ3) is 1.43. The largest absolute Gasteiger partial charge is 0.449 e. The molecule has 0 aliphatic heterocycles. The van der Waals surface area contributed by atoms with Gasteiger partial charge in [-0.3, -0.25) is 14.4 Å². The van der Waals surface area contributed by atoms with E-state index in [0.29, 0.717) is 12.0 Å². The maximum Gasteiger partial charge on any atom is 0.209 e. The van der Waals surface area contributed by atoms with E-state index in [-0.39, 0.29) is 34.4 Å². The molecule has 3 rings (SSSR count). The van der Waals surface area contributed by atoms with Gasteiger partial charge < -0.3 is 4.42 Å². The topological polar surface area (TPSA) is 64.3 Å². The van der Waals surface area contributed by atoms with Gasteiger partial charge in [0.2, 0.25) is 5.78 Å². The summed E-state index contributed by atoms with van der Waals surface area (Å²) in [6.07, 6.45) is 5.78. The second kappa shape index (κ2) is 3.63. The standard InChI is InChI=1S/C15H12O4/c1-8(16)11-7-9-12(17)10-5-3-4-6-15(10,2)14(18)13(9)19-11/h3-5,7H,6H2,1-2H3. The summed E-state index contributed by atoms with van der Waals surface area (Å²) in [6.45, 7) is 3.08. The average molecular weight is 256 g/mol. The first-order chi connectivity index (χ1) is 8.95. The smallest absolute Gasteiger partial charge is 0.209 e. The Bertz CT molecular complexity index is 687. The van der Waals surface area contributed by atoms with Crippen molar-refractivity contribution in [2.75, 3.05) is 0 Å². The van der Waals surface area contributed by atoms with E-state index in [2.05, 4.69) is 0 Å². The molecule has 96 valence electrons. The van der Waals surface area contributed by atoms with Gasteiger partial charge in [-0.15, -0.1) is 0 Å². The average Bonchev–Trinajstić information content (AvgIpc) is 2.82. The third-order valence-electron chi connectivity index (χ3n) is 3.80. The van der Waals surface area contributed by atoms with Crippen LogP contribution in [-0.4, -0.2) is 17.3 Å². The lowest BCUT2D eigenvalue weighted by molar-refractivity contribution is 0.0769. The molecule has 0 N–H and O–H groups in total. The lowest BCUT2D eigenvalue weighted by Crippen LogP contribution is -2.39. The van der Waals surface area contributed by atoms with Crippen molar-refractivity contribution in [2.45, 2.75) is 20.3 Å². The molecular weight excluding hydrogens is 244 g/mol. The van der Waals surface area contributed by atoms with E-state index in [0.717, 1.165) is 0 Å². The van der Waals surface area contributed by atoms with Crippen LogP contribution < -0.4 is 0 Å². The van der Waals surface area contributed by atoms with Gasteiger partial charge in [0.05, 0.1) is 11.0 Å². The van der Waals surface area contributed by atoms with Crippen LogP contribution in [0.3, 0.4) is 0 Å². The first kappa shape index (κ1) is 11.8. The highest BCUT2D eigenvalue weighted by atomic mass is 16.4. The number of furan rings is 1. The van der Waals surface area contributed by atoms with E-state index in [4.69, 9.17) is 4.42 Å². The van der Waals surface area contributed by atoms with Crippen LogP contribution >= 0.6 is 0 Å². The molecule has 0 saturated heterocycles. The Morgan fingerprint density at radius 2 is 2.11 bits per heavy atom. The number of hydrogen-bond donors (Lipinski definition) is 0. The van der Waals surface area contributed by atoms with Crippen LogP contribution in [0, 0.1) is 5.41 Å². The van der Waals surface area contributed by atoms with Gasteiger partial charge in [0.1, 0.15) is 0 Å². The monoisotopic (exact) mass is 256 g/mol. The van der Waals surface area contributed by atoms with Crippen LogP contribution in [0.4, 0.5) is 0 Å². The number of carbonyl (C=O) groups is 3. The summed E-state index contributed by atoms with van der Waals surface area (Å²) in [7, 11) is 0. The van der Waals surface area contributed by atoms with Gasteiger partial charge in [0, 0.05) is 12.5 Å². The highest BCUT2D eigenvalue weighted by molar-refractivity contribution is 6.25. The van der Waals surface area contributed by atoms with Crippen LogP contribution in [0.5, 0.6) is 0 Å². The number of Topliss-reactive ketones (excluding diaryl/α,β-unsaturated/α-hetero) is 3. The molecule has 4 nitrogen and oxygen atoms in total. The number of hydrogen-bond acceptors (Lipinski definition) is 4. The van der Waals surface area contributed by atoms with E-state index in [1.165, 1.54) is 13.0 Å². The molecule has 0 fully saturated rings. The lowest BCUT2D eigenvalue weighted by Gasteiger charge is -2.33. The lowest BCUT2D eigenvalue weighted by atomic mass is 9.66. The van der Waals surface area contributed by atoms with E-state index >= 15 is 0 Å². The predicted octanol–water partition coefficient (Wildman–Crippen LogP) is 2.75. The number of ketones is 3. The van der Waals surface area contributed by atoms with Gasteiger partial charge in [-0.2, -0.15) is 0 Å². The molecule has 0 radical (unpaired) electrons. The van der Waals surface area contributed by atoms with Crippen molar-refractivity contribution >= 4 is 17.3 Å². The second-order valence-electron chi connectivity index (χ2n) is 5.11. The summed E-state index contributed by atoms with van der Waals surface area (Å²) in [4.78, 5) is 36.3. The van der Waals surface area contributed by atoms with E-state index in [9.17, 15) is 14.4 Å². The van der Waals surface area contributed by atoms with E-state index < -0.39 is 5.41 Å². The van der Waals surface area contributed by atoms with Crippen LogP contribution in [0.2, 0.25) is 0 Å². The fourth-order valence-corrected chi connectivity index (χ4v) is 2.60. The zero-order valence-electron chi connectivity index (χ0n) is 10.6. The fraction of sp³-hybridized carbons (Fsp3) is 0.267. The van der Waals surface area contributed by atoms with Gasteiger partial charge in [0.15, 0.2) is 23.1 Å². The van der Waals surface area contributed by atoms with Gasteiger partial charge in [-0.25, -0.2) is 0 Å². The van der Waals surface area contributed by atoms with E-state index in [1.807, 2.05) is 6.08 Å². The summed E-state index contributed by atoms with van der Waals surface area (Å²) < 4.78 is 5.29. The number of allylic oxidation sites excluding steroid dienone is 4. The second-order valence-corrected chi connectivity index (χ2v) is 5.11. The quantitative estimate of drug-likeness (QED) is 0.725. The molecular formula is C15H12O4. The summed E-state index contributed by atoms with van der Waals surface area (Å²) in [6, 6.07) is 1.37. The Kier molecular flexibility index (Phi) is 2.26. The normalized spacial score (nSPS) is 24.8. The van der Waals surface area contributed by atoms with Crippen molar-refractivity contribution in [1.82, 2.24) is 0 Å². The summed E-state index contributed by atoms with van der Waals surface area (Å²) in [5, 5.41) is 0. The first-order valence-electron chi connectivity index (χ1n) is 6.07. The minimum atomic E-state index is -0.870. The zero-order valence-corrected chi connectivity index (χ0v) is 10.6. The van der Waals surface area contributed by atoms with Crippen molar-refractivity contribution in [3.8, 4) is 0 Å². The highest BCUT2D eigenvalue weighted by Gasteiger charge is 2.48. The summed E-state index contributed by atoms with van der Waals surface area (Å²) >= 11 is 0. The zero-order chi connectivity index (χ0) is 13.8. The molecule has 0 amide bonds. The van der Waals surface area contributed by atoms with Crippen LogP contribution in [-0.2, 0) is 0 Å². The van der Waals surface area contributed by atoms with Crippen molar-refractivity contribution in [2.24, 2.45) is 5.41 Å². The number of carbonyl (C=O) groups excluding carboxylic acids is 3. The molecule has 1 unspecified atom stereocenters. The molecule has 19 heavy (non-hydrogen) atoms. The molecule has 0 saturated carbocycles. The van der Waals surface area contributed by atoms with Gasteiger partial charge in [-0.1, -0.05) is 18.2 Å². The maximum atomic E-state index is 12.5. The molecule has 0 bridgehead atoms. The number of fused-ring (bicyclic) bond motifs is 2. The SMILES string of the molecule is CC(=O)c1cc2c(o1)C(=O)C1(C)CC=CC=C1C2=O. The maximum absolute atomic E-state index is 12.5. The Balaban J connectivity index is 2.25. The van der Waals surface area contributed by atoms with Crippen molar-refractivity contribution in [3.63, 3.8) is 0 Å².